The van der Waals surface area contributed by atoms with Gasteiger partial charge in [-0.05, 0) is 13.3 Å². The van der Waals surface area contributed by atoms with Crippen molar-refractivity contribution in [1.82, 2.24) is 9.78 Å². The van der Waals surface area contributed by atoms with E-state index in [9.17, 15) is 0 Å². The number of aromatic nitrogens is 2. The van der Waals surface area contributed by atoms with E-state index in [0.29, 0.717) is 0 Å². The molecule has 1 rings (SSSR count). The Morgan fingerprint density at radius 2 is 2.56 bits per heavy atom. The zero-order valence-corrected chi connectivity index (χ0v) is 5.89. The van der Waals surface area contributed by atoms with Crippen LogP contribution in [0.2, 0.25) is 0 Å². The van der Waals surface area contributed by atoms with Gasteiger partial charge in [0.2, 0.25) is 0 Å². The molecule has 0 saturated heterocycles. The summed E-state index contributed by atoms with van der Waals surface area (Å²) >= 11 is 0. The van der Waals surface area contributed by atoms with Crippen molar-refractivity contribution in [3.8, 4) is 0 Å². The molecule has 0 atom stereocenters. The zero-order chi connectivity index (χ0) is 6.69. The van der Waals surface area contributed by atoms with Gasteiger partial charge in [-0.25, -0.2) is 0 Å². The molecule has 2 nitrogen and oxygen atoms in total. The second kappa shape index (κ2) is 2.67. The maximum atomic E-state index is 4.07. The summed E-state index contributed by atoms with van der Waals surface area (Å²) in [6.07, 6.45) is 2.85. The number of nitrogens with zero attached hydrogens (tertiary/aromatic N) is 2. The molecule has 0 N–H and O–H groups in total. The van der Waals surface area contributed by atoms with E-state index in [1.165, 1.54) is 0 Å². The Labute approximate surface area is 55.5 Å². The molecular weight excluding hydrogens is 112 g/mol. The number of hydrogen-bond donors (Lipinski definition) is 0. The van der Waals surface area contributed by atoms with Crippen LogP contribution in [0, 0.1) is 13.0 Å². The van der Waals surface area contributed by atoms with Gasteiger partial charge in [-0.2, -0.15) is 5.10 Å². The van der Waals surface area contributed by atoms with Gasteiger partial charge in [0.25, 0.3) is 0 Å². The zero-order valence-electron chi connectivity index (χ0n) is 5.89. The summed E-state index contributed by atoms with van der Waals surface area (Å²) in [7, 11) is 0. The minimum absolute atomic E-state index is 1.01. The van der Waals surface area contributed by atoms with E-state index in [4.69, 9.17) is 0 Å². The lowest BCUT2D eigenvalue weighted by Crippen LogP contribution is -2.00. The minimum Gasteiger partial charge on any atom is -0.269 e. The van der Waals surface area contributed by atoms with Gasteiger partial charge in [0.1, 0.15) is 0 Å². The molecule has 1 aromatic rings. The van der Waals surface area contributed by atoms with Crippen LogP contribution in [-0.4, -0.2) is 9.78 Å². The molecule has 0 saturated carbocycles. The van der Waals surface area contributed by atoms with Crippen LogP contribution in [0.5, 0.6) is 0 Å². The van der Waals surface area contributed by atoms with Crippen molar-refractivity contribution < 1.29 is 0 Å². The molecule has 1 heterocycles. The quantitative estimate of drug-likeness (QED) is 0.581. The first kappa shape index (κ1) is 6.33. The van der Waals surface area contributed by atoms with Gasteiger partial charge in [0.15, 0.2) is 0 Å². The number of rotatable bonds is 2. The predicted octanol–water partition coefficient (Wildman–Crippen LogP) is 1.40. The van der Waals surface area contributed by atoms with Crippen molar-refractivity contribution in [3.05, 3.63) is 18.0 Å². The van der Waals surface area contributed by atoms with Crippen molar-refractivity contribution in [2.75, 3.05) is 0 Å². The molecule has 2 heteroatoms. The van der Waals surface area contributed by atoms with Gasteiger partial charge in [-0.3, -0.25) is 4.68 Å². The smallest absolute Gasteiger partial charge is 0.0572 e. The topological polar surface area (TPSA) is 17.8 Å². The Hall–Kier alpha value is -0.790. The maximum absolute atomic E-state index is 4.07. The highest BCUT2D eigenvalue weighted by atomic mass is 15.3. The average Bonchev–Trinajstić information content (AvgIpc) is 2.18. The minimum atomic E-state index is 1.01. The highest BCUT2D eigenvalue weighted by Gasteiger charge is 1.92. The van der Waals surface area contributed by atoms with E-state index in [1.54, 1.807) is 6.20 Å². The molecule has 0 aliphatic carbocycles. The first-order valence-corrected chi connectivity index (χ1v) is 3.24. The van der Waals surface area contributed by atoms with Crippen LogP contribution in [-0.2, 0) is 6.54 Å². The van der Waals surface area contributed by atoms with Crippen LogP contribution in [0.15, 0.2) is 6.20 Å². The standard InChI is InChI=1S/C7H11N2/c1-3-6-9-7(2)4-5-8-9/h5H,3,6H2,1-2H3. The summed E-state index contributed by atoms with van der Waals surface area (Å²) in [5.74, 6) is 0. The first-order chi connectivity index (χ1) is 4.34. The molecule has 0 aliphatic heterocycles. The van der Waals surface area contributed by atoms with Crippen LogP contribution in [0.25, 0.3) is 0 Å². The fourth-order valence-electron chi connectivity index (χ4n) is 0.790. The lowest BCUT2D eigenvalue weighted by atomic mass is 10.4. The van der Waals surface area contributed by atoms with E-state index in [0.717, 1.165) is 18.7 Å². The molecule has 9 heavy (non-hydrogen) atoms. The molecule has 0 unspecified atom stereocenters. The van der Waals surface area contributed by atoms with E-state index in [2.05, 4.69) is 18.1 Å². The molecule has 1 aromatic heterocycles. The van der Waals surface area contributed by atoms with Crippen molar-refractivity contribution in [2.24, 2.45) is 0 Å². The Balaban J connectivity index is 2.69. The van der Waals surface area contributed by atoms with E-state index < -0.39 is 0 Å². The Kier molecular flexibility index (Phi) is 1.88. The maximum Gasteiger partial charge on any atom is 0.0572 e. The second-order valence-corrected chi connectivity index (χ2v) is 2.10. The van der Waals surface area contributed by atoms with Gasteiger partial charge in [-0.1, -0.05) is 6.92 Å². The molecule has 0 bridgehead atoms. The molecular formula is C7H11N2. The third-order valence-corrected chi connectivity index (χ3v) is 1.29. The average molecular weight is 123 g/mol. The lowest BCUT2D eigenvalue weighted by Gasteiger charge is -1.98. The second-order valence-electron chi connectivity index (χ2n) is 2.10. The van der Waals surface area contributed by atoms with Gasteiger partial charge in [0, 0.05) is 18.3 Å². The molecule has 49 valence electrons. The van der Waals surface area contributed by atoms with Crippen LogP contribution in [0.3, 0.4) is 0 Å². The SMILES string of the molecule is CCCn1nc[c]c1C. The number of hydrogen-bond acceptors (Lipinski definition) is 1. The Bertz CT molecular complexity index is 179. The molecule has 0 fully saturated rings. The molecule has 0 aromatic carbocycles. The molecule has 0 aliphatic rings. The molecule has 0 spiro atoms. The summed E-state index contributed by atoms with van der Waals surface area (Å²) in [6, 6.07) is 3.01. The summed E-state index contributed by atoms with van der Waals surface area (Å²) in [6.45, 7) is 5.17. The van der Waals surface area contributed by atoms with Crippen molar-refractivity contribution in [3.63, 3.8) is 0 Å². The molecule has 0 amide bonds. The highest BCUT2D eigenvalue weighted by molar-refractivity contribution is 4.93. The van der Waals surface area contributed by atoms with Crippen LogP contribution >= 0.6 is 0 Å². The van der Waals surface area contributed by atoms with Crippen molar-refractivity contribution >= 4 is 0 Å². The lowest BCUT2D eigenvalue weighted by molar-refractivity contribution is 0.587. The van der Waals surface area contributed by atoms with Crippen molar-refractivity contribution in [2.45, 2.75) is 26.8 Å². The summed E-state index contributed by atoms with van der Waals surface area (Å²) in [5, 5.41) is 4.07. The Morgan fingerprint density at radius 1 is 1.78 bits per heavy atom. The largest absolute Gasteiger partial charge is 0.269 e. The van der Waals surface area contributed by atoms with Gasteiger partial charge in [0.05, 0.1) is 6.20 Å². The third kappa shape index (κ3) is 1.31. The fourth-order valence-corrected chi connectivity index (χ4v) is 0.790. The normalized spacial score (nSPS) is 10.0. The van der Waals surface area contributed by atoms with Gasteiger partial charge < -0.3 is 0 Å². The summed E-state index contributed by atoms with van der Waals surface area (Å²) in [4.78, 5) is 0. The van der Waals surface area contributed by atoms with Crippen molar-refractivity contribution in [1.29, 1.82) is 0 Å². The van der Waals surface area contributed by atoms with Gasteiger partial charge >= 0.3 is 0 Å². The summed E-state index contributed by atoms with van der Waals surface area (Å²) < 4.78 is 1.96. The Morgan fingerprint density at radius 3 is 3.00 bits per heavy atom. The monoisotopic (exact) mass is 123 g/mol. The highest BCUT2D eigenvalue weighted by Crippen LogP contribution is 1.94. The first-order valence-electron chi connectivity index (χ1n) is 3.24. The number of aryl methyl sites for hydroxylation is 2. The van der Waals surface area contributed by atoms with Gasteiger partial charge in [-0.15, -0.1) is 0 Å². The third-order valence-electron chi connectivity index (χ3n) is 1.29. The van der Waals surface area contributed by atoms with E-state index in [-0.39, 0.29) is 0 Å². The predicted molar refractivity (Wildman–Crippen MR) is 36.1 cm³/mol. The van der Waals surface area contributed by atoms with Crippen LogP contribution in [0.1, 0.15) is 19.0 Å². The van der Waals surface area contributed by atoms with Crippen LogP contribution in [0.4, 0.5) is 0 Å². The molecule has 1 radical (unpaired) electrons. The van der Waals surface area contributed by atoms with Crippen LogP contribution < -0.4 is 0 Å². The fraction of sp³-hybridized carbons (Fsp3) is 0.571. The van der Waals surface area contributed by atoms with E-state index in [1.807, 2.05) is 11.6 Å². The van der Waals surface area contributed by atoms with E-state index >= 15 is 0 Å². The summed E-state index contributed by atoms with van der Waals surface area (Å²) in [5.41, 5.74) is 1.12.